The van der Waals surface area contributed by atoms with E-state index in [0.717, 1.165) is 5.69 Å². The molecule has 0 aliphatic rings. The number of hydrogen-bond acceptors (Lipinski definition) is 3. The van der Waals surface area contributed by atoms with Crippen LogP contribution in [0.4, 0.5) is 0 Å². The SMILES string of the molecule is CC(C)C(O)C(C)c1cc(=O)c(O)cn1-c1ccccc1. The topological polar surface area (TPSA) is 62.5 Å². The summed E-state index contributed by atoms with van der Waals surface area (Å²) in [6.07, 6.45) is 0.847. The number of aliphatic hydroxyl groups is 1. The molecule has 0 bridgehead atoms. The number of rotatable bonds is 4. The lowest BCUT2D eigenvalue weighted by atomic mass is 9.91. The molecule has 1 aromatic heterocycles. The van der Waals surface area contributed by atoms with Crippen LogP contribution in [-0.2, 0) is 0 Å². The molecule has 0 saturated carbocycles. The predicted molar refractivity (Wildman–Crippen MR) is 83.0 cm³/mol. The summed E-state index contributed by atoms with van der Waals surface area (Å²) < 4.78 is 1.76. The first-order valence-corrected chi connectivity index (χ1v) is 7.11. The van der Waals surface area contributed by atoms with Gasteiger partial charge >= 0.3 is 0 Å². The molecule has 0 aliphatic carbocycles. The fraction of sp³-hybridized carbons (Fsp3) is 0.353. The lowest BCUT2D eigenvalue weighted by Gasteiger charge is -2.25. The average molecular weight is 287 g/mol. The molecule has 1 aromatic carbocycles. The second-order valence-electron chi connectivity index (χ2n) is 5.68. The summed E-state index contributed by atoms with van der Waals surface area (Å²) in [6, 6.07) is 10.9. The van der Waals surface area contributed by atoms with Crippen LogP contribution in [0.3, 0.4) is 0 Å². The molecular formula is C17H21NO3. The highest BCUT2D eigenvalue weighted by Crippen LogP contribution is 2.26. The van der Waals surface area contributed by atoms with Crippen molar-refractivity contribution in [2.75, 3.05) is 0 Å². The number of pyridine rings is 1. The summed E-state index contributed by atoms with van der Waals surface area (Å²) in [5, 5.41) is 20.0. The monoisotopic (exact) mass is 287 g/mol. The van der Waals surface area contributed by atoms with Gasteiger partial charge in [0, 0.05) is 23.4 Å². The van der Waals surface area contributed by atoms with Crippen LogP contribution in [0, 0.1) is 5.92 Å². The van der Waals surface area contributed by atoms with E-state index in [1.807, 2.05) is 51.1 Å². The average Bonchev–Trinajstić information content (AvgIpc) is 2.48. The number of nitrogens with zero attached hydrogens (tertiary/aromatic N) is 1. The molecule has 21 heavy (non-hydrogen) atoms. The van der Waals surface area contributed by atoms with Gasteiger partial charge in [-0.05, 0) is 18.1 Å². The molecule has 0 spiro atoms. The van der Waals surface area contributed by atoms with E-state index in [1.54, 1.807) is 4.57 Å². The Morgan fingerprint density at radius 3 is 2.29 bits per heavy atom. The van der Waals surface area contributed by atoms with Gasteiger partial charge in [-0.2, -0.15) is 0 Å². The third kappa shape index (κ3) is 3.16. The molecule has 0 aliphatic heterocycles. The van der Waals surface area contributed by atoms with Crippen LogP contribution >= 0.6 is 0 Å². The van der Waals surface area contributed by atoms with Gasteiger partial charge in [-0.25, -0.2) is 0 Å². The van der Waals surface area contributed by atoms with Gasteiger partial charge in [-0.15, -0.1) is 0 Å². The molecule has 2 aromatic rings. The van der Waals surface area contributed by atoms with E-state index in [1.165, 1.54) is 12.3 Å². The van der Waals surface area contributed by atoms with E-state index in [4.69, 9.17) is 0 Å². The van der Waals surface area contributed by atoms with E-state index in [9.17, 15) is 15.0 Å². The molecule has 2 unspecified atom stereocenters. The summed E-state index contributed by atoms with van der Waals surface area (Å²) >= 11 is 0. The van der Waals surface area contributed by atoms with Crippen molar-refractivity contribution in [2.24, 2.45) is 5.92 Å². The highest BCUT2D eigenvalue weighted by molar-refractivity contribution is 5.38. The van der Waals surface area contributed by atoms with Gasteiger partial charge in [-0.1, -0.05) is 39.0 Å². The molecule has 1 heterocycles. The Labute approximate surface area is 124 Å². The molecule has 2 atom stereocenters. The van der Waals surface area contributed by atoms with Crippen molar-refractivity contribution in [3.05, 3.63) is 58.5 Å². The maximum Gasteiger partial charge on any atom is 0.223 e. The number of aromatic hydroxyl groups is 1. The third-order valence-corrected chi connectivity index (χ3v) is 3.76. The first-order valence-electron chi connectivity index (χ1n) is 7.11. The largest absolute Gasteiger partial charge is 0.503 e. The second-order valence-corrected chi connectivity index (χ2v) is 5.68. The lowest BCUT2D eigenvalue weighted by molar-refractivity contribution is 0.0998. The molecular weight excluding hydrogens is 266 g/mol. The maximum absolute atomic E-state index is 11.8. The minimum atomic E-state index is -0.566. The summed E-state index contributed by atoms with van der Waals surface area (Å²) in [5.74, 6) is -0.444. The van der Waals surface area contributed by atoms with E-state index in [0.29, 0.717) is 5.69 Å². The number of aromatic nitrogens is 1. The van der Waals surface area contributed by atoms with Crippen LogP contribution < -0.4 is 5.43 Å². The summed E-state index contributed by atoms with van der Waals surface area (Å²) in [5.41, 5.74) is 1.09. The molecule has 0 amide bonds. The Morgan fingerprint density at radius 2 is 1.71 bits per heavy atom. The normalized spacial score (nSPS) is 14.1. The smallest absolute Gasteiger partial charge is 0.223 e. The molecule has 0 fully saturated rings. The van der Waals surface area contributed by atoms with Crippen LogP contribution in [0.5, 0.6) is 5.75 Å². The van der Waals surface area contributed by atoms with Crippen molar-refractivity contribution in [2.45, 2.75) is 32.8 Å². The van der Waals surface area contributed by atoms with Gasteiger partial charge in [0.1, 0.15) is 0 Å². The van der Waals surface area contributed by atoms with Crippen molar-refractivity contribution >= 4 is 0 Å². The van der Waals surface area contributed by atoms with Crippen molar-refractivity contribution in [3.63, 3.8) is 0 Å². The van der Waals surface area contributed by atoms with Crippen molar-refractivity contribution in [1.29, 1.82) is 0 Å². The van der Waals surface area contributed by atoms with Crippen molar-refractivity contribution < 1.29 is 10.2 Å². The van der Waals surface area contributed by atoms with E-state index >= 15 is 0 Å². The Bertz CT molecular complexity index is 661. The van der Waals surface area contributed by atoms with Gasteiger partial charge in [0.2, 0.25) is 5.43 Å². The summed E-state index contributed by atoms with van der Waals surface area (Å²) in [4.78, 5) is 11.8. The van der Waals surface area contributed by atoms with Crippen LogP contribution in [0.15, 0.2) is 47.4 Å². The van der Waals surface area contributed by atoms with Crippen LogP contribution in [0.25, 0.3) is 5.69 Å². The molecule has 2 rings (SSSR count). The fourth-order valence-corrected chi connectivity index (χ4v) is 2.45. The zero-order chi connectivity index (χ0) is 15.6. The van der Waals surface area contributed by atoms with Gasteiger partial charge in [0.15, 0.2) is 5.75 Å². The summed E-state index contributed by atoms with van der Waals surface area (Å²) in [6.45, 7) is 5.76. The van der Waals surface area contributed by atoms with Crippen molar-refractivity contribution in [1.82, 2.24) is 4.57 Å². The number of aliphatic hydroxyl groups excluding tert-OH is 1. The minimum absolute atomic E-state index is 0.0770. The van der Waals surface area contributed by atoms with Gasteiger partial charge in [0.25, 0.3) is 0 Å². The Kier molecular flexibility index (Phi) is 4.48. The first kappa shape index (κ1) is 15.3. The van der Waals surface area contributed by atoms with Gasteiger partial charge < -0.3 is 14.8 Å². The molecule has 4 nitrogen and oxygen atoms in total. The molecule has 0 saturated heterocycles. The number of hydrogen-bond donors (Lipinski definition) is 2. The second kappa shape index (κ2) is 6.14. The zero-order valence-electron chi connectivity index (χ0n) is 12.5. The zero-order valence-corrected chi connectivity index (χ0v) is 12.5. The van der Waals surface area contributed by atoms with Gasteiger partial charge in [0.05, 0.1) is 12.3 Å². The van der Waals surface area contributed by atoms with E-state index in [2.05, 4.69) is 0 Å². The summed E-state index contributed by atoms with van der Waals surface area (Å²) in [7, 11) is 0. The lowest BCUT2D eigenvalue weighted by Crippen LogP contribution is -2.26. The van der Waals surface area contributed by atoms with Crippen molar-refractivity contribution in [3.8, 4) is 11.4 Å². The highest BCUT2D eigenvalue weighted by Gasteiger charge is 2.23. The fourth-order valence-electron chi connectivity index (χ4n) is 2.45. The first-order chi connectivity index (χ1) is 9.91. The Morgan fingerprint density at radius 1 is 1.10 bits per heavy atom. The Hall–Kier alpha value is -2.07. The minimum Gasteiger partial charge on any atom is -0.503 e. The van der Waals surface area contributed by atoms with Crippen LogP contribution in [0.1, 0.15) is 32.4 Å². The Balaban J connectivity index is 2.59. The predicted octanol–water partition coefficient (Wildman–Crippen LogP) is 2.66. The third-order valence-electron chi connectivity index (χ3n) is 3.76. The standard InChI is InChI=1S/C17H21NO3/c1-11(2)17(21)12(3)14-9-15(19)16(20)10-18(14)13-7-5-4-6-8-13/h4-12,17,20-21H,1-3H3. The van der Waals surface area contributed by atoms with E-state index < -0.39 is 11.5 Å². The molecule has 2 N–H and O–H groups in total. The molecule has 0 radical (unpaired) electrons. The van der Waals surface area contributed by atoms with Crippen LogP contribution in [-0.4, -0.2) is 20.9 Å². The maximum atomic E-state index is 11.8. The number of para-hydroxylation sites is 1. The molecule has 4 heteroatoms. The highest BCUT2D eigenvalue weighted by atomic mass is 16.3. The van der Waals surface area contributed by atoms with Crippen LogP contribution in [0.2, 0.25) is 0 Å². The molecule has 112 valence electrons. The van der Waals surface area contributed by atoms with Gasteiger partial charge in [-0.3, -0.25) is 4.79 Å². The quantitative estimate of drug-likeness (QED) is 0.908. The van der Waals surface area contributed by atoms with E-state index in [-0.39, 0.29) is 17.6 Å². The number of benzene rings is 1.